The highest BCUT2D eigenvalue weighted by Crippen LogP contribution is 2.73. The molecule has 12 nitrogen and oxygen atoms in total. The molecule has 5 aliphatic carbocycles. The van der Waals surface area contributed by atoms with Gasteiger partial charge in [-0.25, -0.2) is 9.59 Å². The van der Waals surface area contributed by atoms with Gasteiger partial charge in [0.1, 0.15) is 18.8 Å². The van der Waals surface area contributed by atoms with E-state index in [4.69, 9.17) is 14.2 Å². The van der Waals surface area contributed by atoms with Crippen molar-refractivity contribution < 1.29 is 53.5 Å². The molecular formula is C46H61N2O10+. The molecule has 1 aromatic rings. The van der Waals surface area contributed by atoms with Crippen LogP contribution >= 0.6 is 0 Å². The minimum absolute atomic E-state index is 0.00132. The Hall–Kier alpha value is -3.03. The number of carbonyl (C=O) groups excluding carboxylic acids is 3. The predicted molar refractivity (Wildman–Crippen MR) is 208 cm³/mol. The molecule has 5 bridgehead atoms. The average molecular weight is 802 g/mol. The number of quaternary nitrogens is 1. The molecule has 314 valence electrons. The molecule has 6 aliphatic heterocycles. The van der Waals surface area contributed by atoms with E-state index in [0.717, 1.165) is 30.5 Å². The molecule has 0 unspecified atom stereocenters. The lowest BCUT2D eigenvalue weighted by atomic mass is 9.41. The second kappa shape index (κ2) is 12.1. The summed E-state index contributed by atoms with van der Waals surface area (Å²) < 4.78 is 17.5. The predicted octanol–water partition coefficient (Wildman–Crippen LogP) is 3.51. The summed E-state index contributed by atoms with van der Waals surface area (Å²) in [5.74, 6) is -1.64. The number of rotatable bonds is 6. The lowest BCUT2D eigenvalue weighted by Gasteiger charge is -2.67. The van der Waals surface area contributed by atoms with Crippen LogP contribution in [-0.4, -0.2) is 118 Å². The van der Waals surface area contributed by atoms with E-state index in [1.807, 2.05) is 6.07 Å². The van der Waals surface area contributed by atoms with Gasteiger partial charge in [0, 0.05) is 55.3 Å². The van der Waals surface area contributed by atoms with E-state index < -0.39 is 57.8 Å². The van der Waals surface area contributed by atoms with E-state index in [1.165, 1.54) is 12.7 Å². The van der Waals surface area contributed by atoms with Gasteiger partial charge in [-0.15, -0.1) is 0 Å². The summed E-state index contributed by atoms with van der Waals surface area (Å²) in [5.41, 5.74) is -1.55. The highest BCUT2D eigenvalue weighted by atomic mass is 16.6. The Morgan fingerprint density at radius 3 is 2.52 bits per heavy atom. The SMILES string of the molecule is CC[C@H]1[C@H]2C[C@H]3[C@@H]4N(C)c5ccccc5[C@]45C[C@@H]([C@@H]2[C@@H]5O)[N@+]3(CC(=O)O[C@H]2CC[C@]3(C(=O)OC)[C@@H]4CC[C@]5(C)[C@@H](C6=CC(=O)OC6)CC[C@]5(O)[C@H]4CC[C@]3(O)C2)[C@@H]1O. The maximum atomic E-state index is 14.6. The number of ether oxygens (including phenoxy) is 3. The van der Waals surface area contributed by atoms with Crippen LogP contribution in [0.15, 0.2) is 35.9 Å². The Labute approximate surface area is 340 Å². The lowest BCUT2D eigenvalue weighted by Crippen LogP contribution is -2.83. The van der Waals surface area contributed by atoms with Crippen LogP contribution in [0.1, 0.15) is 96.5 Å². The van der Waals surface area contributed by atoms with Crippen LogP contribution in [0.4, 0.5) is 5.69 Å². The summed E-state index contributed by atoms with van der Waals surface area (Å²) >= 11 is 0. The van der Waals surface area contributed by atoms with Gasteiger partial charge in [-0.2, -0.15) is 0 Å². The smallest absolute Gasteiger partial charge is 0.362 e. The molecule has 12 heteroatoms. The molecule has 4 N–H and O–H groups in total. The van der Waals surface area contributed by atoms with Crippen molar-refractivity contribution in [3.8, 4) is 0 Å². The topological polar surface area (TPSA) is 163 Å². The molecule has 11 aliphatic rings. The van der Waals surface area contributed by atoms with Crippen LogP contribution in [0.5, 0.6) is 0 Å². The number of aliphatic hydroxyl groups excluding tert-OH is 2. The minimum atomic E-state index is -1.50. The second-order valence-corrected chi connectivity index (χ2v) is 20.9. The molecule has 6 heterocycles. The highest BCUT2D eigenvalue weighted by molar-refractivity contribution is 5.85. The van der Waals surface area contributed by atoms with Gasteiger partial charge in [-0.3, -0.25) is 9.28 Å². The summed E-state index contributed by atoms with van der Waals surface area (Å²) in [7, 11) is 3.48. The van der Waals surface area contributed by atoms with Gasteiger partial charge < -0.3 is 39.5 Å². The fourth-order valence-corrected chi connectivity index (χ4v) is 17.9. The zero-order valence-electron chi connectivity index (χ0n) is 34.3. The monoisotopic (exact) mass is 801 g/mol. The summed E-state index contributed by atoms with van der Waals surface area (Å²) in [4.78, 5) is 43.2. The lowest BCUT2D eigenvalue weighted by molar-refractivity contribution is -1.03. The molecule has 5 saturated carbocycles. The van der Waals surface area contributed by atoms with E-state index in [0.29, 0.717) is 38.5 Å². The Morgan fingerprint density at radius 1 is 1.00 bits per heavy atom. The van der Waals surface area contributed by atoms with Crippen molar-refractivity contribution in [2.45, 2.75) is 144 Å². The maximum absolute atomic E-state index is 14.6. The highest BCUT2D eigenvalue weighted by Gasteiger charge is 2.83. The zero-order chi connectivity index (χ0) is 40.5. The molecule has 58 heavy (non-hydrogen) atoms. The first-order valence-corrected chi connectivity index (χ1v) is 22.3. The van der Waals surface area contributed by atoms with Crippen LogP contribution in [0.25, 0.3) is 0 Å². The Kier molecular flexibility index (Phi) is 7.90. The van der Waals surface area contributed by atoms with E-state index in [9.17, 15) is 34.8 Å². The van der Waals surface area contributed by atoms with Gasteiger partial charge >= 0.3 is 17.9 Å². The molecule has 1 spiro atoms. The van der Waals surface area contributed by atoms with Crippen molar-refractivity contribution >= 4 is 23.6 Å². The van der Waals surface area contributed by atoms with E-state index >= 15 is 0 Å². The number of anilines is 1. The van der Waals surface area contributed by atoms with Crippen molar-refractivity contribution in [1.29, 1.82) is 0 Å². The largest absolute Gasteiger partial charge is 0.468 e. The number of piperidine rings is 4. The van der Waals surface area contributed by atoms with Gasteiger partial charge in [0.15, 0.2) is 12.8 Å². The van der Waals surface area contributed by atoms with Crippen molar-refractivity contribution in [2.75, 3.05) is 32.2 Å². The van der Waals surface area contributed by atoms with Crippen molar-refractivity contribution in [2.24, 2.45) is 46.3 Å². The number of benzene rings is 1. The first kappa shape index (κ1) is 37.9. The minimum Gasteiger partial charge on any atom is -0.468 e. The third-order valence-corrected chi connectivity index (χ3v) is 19.9. The first-order chi connectivity index (χ1) is 27.7. The maximum Gasteiger partial charge on any atom is 0.362 e. The first-order valence-electron chi connectivity index (χ1n) is 22.3. The number of methoxy groups -OCH3 is 1. The molecule has 9 fully saturated rings. The number of fused-ring (bicyclic) bond motifs is 7. The fraction of sp³-hybridized carbons (Fsp3) is 0.761. The second-order valence-electron chi connectivity index (χ2n) is 20.9. The van der Waals surface area contributed by atoms with Gasteiger partial charge in [0.25, 0.3) is 0 Å². The summed E-state index contributed by atoms with van der Waals surface area (Å²) in [5, 5.41) is 50.6. The normalized spacial score (nSPS) is 52.6. The van der Waals surface area contributed by atoms with Crippen LogP contribution < -0.4 is 4.90 Å². The molecule has 4 saturated heterocycles. The quantitative estimate of drug-likeness (QED) is 0.189. The molecule has 0 amide bonds. The molecular weight excluding hydrogens is 741 g/mol. The molecule has 18 atom stereocenters. The molecule has 1 aromatic carbocycles. The number of hydrogen-bond acceptors (Lipinski definition) is 11. The third-order valence-electron chi connectivity index (χ3n) is 19.9. The van der Waals surface area contributed by atoms with E-state index in [2.05, 4.69) is 44.0 Å². The zero-order valence-corrected chi connectivity index (χ0v) is 34.3. The number of aliphatic hydroxyl groups is 4. The van der Waals surface area contributed by atoms with Crippen molar-refractivity contribution in [3.63, 3.8) is 0 Å². The average Bonchev–Trinajstić information content (AvgIpc) is 3.89. The number of para-hydroxylation sites is 1. The van der Waals surface area contributed by atoms with Crippen molar-refractivity contribution in [1.82, 2.24) is 0 Å². The van der Waals surface area contributed by atoms with Gasteiger partial charge in [0.05, 0.1) is 47.3 Å². The Balaban J connectivity index is 0.871. The fourth-order valence-electron chi connectivity index (χ4n) is 17.9. The number of esters is 3. The summed E-state index contributed by atoms with van der Waals surface area (Å²) in [6.45, 7) is 4.49. The van der Waals surface area contributed by atoms with E-state index in [-0.39, 0.29) is 96.5 Å². The molecule has 12 rings (SSSR count). The number of likely N-dealkylation sites (N-methyl/N-ethyl adjacent to an activating group) is 1. The Bertz CT molecular complexity index is 2010. The van der Waals surface area contributed by atoms with Crippen LogP contribution in [0.2, 0.25) is 0 Å². The van der Waals surface area contributed by atoms with Gasteiger partial charge in [-0.05, 0) is 98.7 Å². The summed E-state index contributed by atoms with van der Waals surface area (Å²) in [6, 6.07) is 8.21. The van der Waals surface area contributed by atoms with E-state index in [1.54, 1.807) is 6.08 Å². The van der Waals surface area contributed by atoms with Crippen LogP contribution in [-0.2, 0) is 34.0 Å². The number of hydrogen-bond donors (Lipinski definition) is 4. The molecule has 0 radical (unpaired) electrons. The number of cyclic esters (lactones) is 1. The van der Waals surface area contributed by atoms with Crippen LogP contribution in [0, 0.1) is 46.3 Å². The standard InChI is InChI=1S/C46H61N2O10/c1-5-26-27-19-33-38-44(31-8-6-7-9-32(31)47(38)3)21-34(37(27)39(44)51)48(33,40(26)52)22-36(50)58-25-10-16-45(41(53)56-4)29-11-14-42(2)28(24-18-35(49)57-23-24)13-17-46(42,55)30(29)12-15-43(45,54)20-25/h6-9,18,25-30,33-34,37-40,51-52,54-55H,5,10-17,19-23H2,1-4H3/q+1/t25-,26-,27+,28+,29+,30-,33-,34-,37+,38-,39-,40+,42+,43-,44+,45+,46-,48+/m0/s1. The van der Waals surface area contributed by atoms with Crippen LogP contribution in [0.3, 0.4) is 0 Å². The third kappa shape index (κ3) is 4.14. The number of carbonyl (C=O) groups is 3. The Morgan fingerprint density at radius 2 is 1.78 bits per heavy atom. The van der Waals surface area contributed by atoms with Gasteiger partial charge in [-0.1, -0.05) is 32.0 Å². The summed E-state index contributed by atoms with van der Waals surface area (Å²) in [6.07, 6.45) is 6.02. The molecule has 0 aromatic heterocycles. The van der Waals surface area contributed by atoms with Crippen molar-refractivity contribution in [3.05, 3.63) is 41.5 Å². The van der Waals surface area contributed by atoms with Gasteiger partial charge in [0.2, 0.25) is 0 Å². The number of nitrogens with zero attached hydrogens (tertiary/aromatic N) is 2.